The van der Waals surface area contributed by atoms with E-state index in [4.69, 9.17) is 5.10 Å². The van der Waals surface area contributed by atoms with Gasteiger partial charge in [0.1, 0.15) is 0 Å². The molecule has 0 aliphatic carbocycles. The number of rotatable bonds is 4. The topological polar surface area (TPSA) is 48.5 Å². The molecule has 0 radical (unpaired) electrons. The second-order valence-electron chi connectivity index (χ2n) is 9.85. The monoisotopic (exact) mass is 513 g/mol. The molecule has 0 bridgehead atoms. The van der Waals surface area contributed by atoms with Crippen LogP contribution in [-0.2, 0) is 0 Å². The first-order valence-electron chi connectivity index (χ1n) is 13.3. The fourth-order valence-electron chi connectivity index (χ4n) is 5.65. The SMILES string of the molecule is c1ccc(-n2c(-c3ccc(-n4c5ccccc5c5ccccc54)cc3)nnc2-c2ccc3cccnc3c2)cc1. The van der Waals surface area contributed by atoms with Gasteiger partial charge < -0.3 is 4.57 Å². The van der Waals surface area contributed by atoms with E-state index < -0.39 is 0 Å². The molecule has 0 saturated carbocycles. The molecule has 3 aromatic heterocycles. The van der Waals surface area contributed by atoms with Crippen molar-refractivity contribution < 1.29 is 0 Å². The van der Waals surface area contributed by atoms with Gasteiger partial charge in [0, 0.05) is 44.9 Å². The molecule has 0 saturated heterocycles. The van der Waals surface area contributed by atoms with Gasteiger partial charge in [0.2, 0.25) is 0 Å². The predicted molar refractivity (Wildman–Crippen MR) is 162 cm³/mol. The van der Waals surface area contributed by atoms with Crippen molar-refractivity contribution in [3.63, 3.8) is 0 Å². The normalized spacial score (nSPS) is 11.5. The Morgan fingerprint density at radius 3 is 1.77 bits per heavy atom. The zero-order chi connectivity index (χ0) is 26.5. The molecule has 0 spiro atoms. The molecule has 0 aliphatic rings. The summed E-state index contributed by atoms with van der Waals surface area (Å²) in [6.45, 7) is 0. The number of hydrogen-bond acceptors (Lipinski definition) is 3. The minimum absolute atomic E-state index is 0.778. The second-order valence-corrected chi connectivity index (χ2v) is 9.85. The quantitative estimate of drug-likeness (QED) is 0.238. The summed E-state index contributed by atoms with van der Waals surface area (Å²) in [6, 6.07) is 46.3. The molecule has 0 aliphatic heterocycles. The highest BCUT2D eigenvalue weighted by Gasteiger charge is 2.18. The van der Waals surface area contributed by atoms with Crippen LogP contribution in [0.15, 0.2) is 140 Å². The lowest BCUT2D eigenvalue weighted by atomic mass is 10.1. The number of para-hydroxylation sites is 3. The number of aromatic nitrogens is 5. The predicted octanol–water partition coefficient (Wildman–Crippen LogP) is 8.25. The van der Waals surface area contributed by atoms with Gasteiger partial charge in [-0.3, -0.25) is 9.55 Å². The van der Waals surface area contributed by atoms with Crippen molar-refractivity contribution in [3.8, 4) is 34.2 Å². The highest BCUT2D eigenvalue weighted by Crippen LogP contribution is 2.34. The molecular weight excluding hydrogens is 490 g/mol. The van der Waals surface area contributed by atoms with E-state index in [0.717, 1.165) is 45.1 Å². The van der Waals surface area contributed by atoms with Gasteiger partial charge in [0.05, 0.1) is 16.6 Å². The van der Waals surface area contributed by atoms with Crippen molar-refractivity contribution in [1.82, 2.24) is 24.3 Å². The van der Waals surface area contributed by atoms with Gasteiger partial charge in [0.25, 0.3) is 0 Å². The third-order valence-corrected chi connectivity index (χ3v) is 7.51. The van der Waals surface area contributed by atoms with Gasteiger partial charge in [-0.15, -0.1) is 10.2 Å². The van der Waals surface area contributed by atoms with E-state index >= 15 is 0 Å². The molecule has 8 aromatic rings. The zero-order valence-corrected chi connectivity index (χ0v) is 21.5. The second kappa shape index (κ2) is 9.03. The Hall–Kier alpha value is -5.55. The third kappa shape index (κ3) is 3.52. The van der Waals surface area contributed by atoms with Gasteiger partial charge >= 0.3 is 0 Å². The summed E-state index contributed by atoms with van der Waals surface area (Å²) < 4.78 is 4.45. The molecule has 5 aromatic carbocycles. The summed E-state index contributed by atoms with van der Waals surface area (Å²) in [7, 11) is 0. The summed E-state index contributed by atoms with van der Waals surface area (Å²) in [5, 5.41) is 13.0. The van der Waals surface area contributed by atoms with E-state index in [-0.39, 0.29) is 0 Å². The molecule has 5 heteroatoms. The van der Waals surface area contributed by atoms with Crippen LogP contribution in [0.3, 0.4) is 0 Å². The number of pyridine rings is 1. The summed E-state index contributed by atoms with van der Waals surface area (Å²) in [5.41, 5.74) is 7.38. The smallest absolute Gasteiger partial charge is 0.168 e. The first-order chi connectivity index (χ1) is 19.8. The van der Waals surface area contributed by atoms with Crippen molar-refractivity contribution in [3.05, 3.63) is 140 Å². The zero-order valence-electron chi connectivity index (χ0n) is 21.5. The van der Waals surface area contributed by atoms with Crippen LogP contribution in [-0.4, -0.2) is 24.3 Å². The minimum Gasteiger partial charge on any atom is -0.309 e. The van der Waals surface area contributed by atoms with Gasteiger partial charge in [-0.2, -0.15) is 0 Å². The van der Waals surface area contributed by atoms with E-state index in [1.807, 2.05) is 30.5 Å². The molecule has 8 rings (SSSR count). The maximum absolute atomic E-state index is 4.70. The van der Waals surface area contributed by atoms with Crippen LogP contribution in [0.25, 0.3) is 66.9 Å². The molecule has 0 unspecified atom stereocenters. The third-order valence-electron chi connectivity index (χ3n) is 7.51. The highest BCUT2D eigenvalue weighted by atomic mass is 15.3. The molecule has 0 amide bonds. The average Bonchev–Trinajstić information content (AvgIpc) is 3.62. The van der Waals surface area contributed by atoms with Crippen LogP contribution in [0.2, 0.25) is 0 Å². The molecule has 0 atom stereocenters. The van der Waals surface area contributed by atoms with Crippen LogP contribution >= 0.6 is 0 Å². The molecule has 0 fully saturated rings. The lowest BCUT2D eigenvalue weighted by Gasteiger charge is -2.12. The van der Waals surface area contributed by atoms with E-state index in [0.29, 0.717) is 0 Å². The average molecular weight is 514 g/mol. The van der Waals surface area contributed by atoms with Crippen molar-refractivity contribution in [2.75, 3.05) is 0 Å². The number of nitrogens with zero attached hydrogens (tertiary/aromatic N) is 5. The van der Waals surface area contributed by atoms with Crippen LogP contribution in [0.4, 0.5) is 0 Å². The summed E-state index contributed by atoms with van der Waals surface area (Å²) in [5.74, 6) is 1.57. The maximum Gasteiger partial charge on any atom is 0.168 e. The van der Waals surface area contributed by atoms with Crippen LogP contribution < -0.4 is 0 Å². The number of benzene rings is 5. The Bertz CT molecular complexity index is 2100. The Labute approximate surface area is 230 Å². The Morgan fingerprint density at radius 2 is 1.05 bits per heavy atom. The van der Waals surface area contributed by atoms with Crippen LogP contribution in [0.1, 0.15) is 0 Å². The number of hydrogen-bond donors (Lipinski definition) is 0. The van der Waals surface area contributed by atoms with Crippen molar-refractivity contribution in [2.45, 2.75) is 0 Å². The fourth-order valence-corrected chi connectivity index (χ4v) is 5.65. The highest BCUT2D eigenvalue weighted by molar-refractivity contribution is 6.09. The molecule has 188 valence electrons. The molecule has 3 heterocycles. The van der Waals surface area contributed by atoms with Gasteiger partial charge in [-0.25, -0.2) is 0 Å². The number of fused-ring (bicyclic) bond motifs is 4. The molecule has 0 N–H and O–H groups in total. The lowest BCUT2D eigenvalue weighted by molar-refractivity contribution is 1.07. The standard InChI is InChI=1S/C35H23N5/c1-2-10-27(11-3-1)40-34(37-38-35(40)26-17-16-24-9-8-22-36-31(24)23-26)25-18-20-28(21-19-25)39-32-14-6-4-12-29(32)30-13-5-7-15-33(30)39/h1-23H. The van der Waals surface area contributed by atoms with Crippen molar-refractivity contribution in [1.29, 1.82) is 0 Å². The Balaban J connectivity index is 1.28. The van der Waals surface area contributed by atoms with E-state index in [2.05, 4.69) is 128 Å². The van der Waals surface area contributed by atoms with E-state index in [1.54, 1.807) is 0 Å². The van der Waals surface area contributed by atoms with Crippen LogP contribution in [0.5, 0.6) is 0 Å². The summed E-state index contributed by atoms with van der Waals surface area (Å²) >= 11 is 0. The molecular formula is C35H23N5. The van der Waals surface area contributed by atoms with E-state index in [1.165, 1.54) is 21.8 Å². The van der Waals surface area contributed by atoms with E-state index in [9.17, 15) is 0 Å². The fraction of sp³-hybridized carbons (Fsp3) is 0. The van der Waals surface area contributed by atoms with Crippen LogP contribution in [0, 0.1) is 0 Å². The molecule has 5 nitrogen and oxygen atoms in total. The lowest BCUT2D eigenvalue weighted by Crippen LogP contribution is -2.01. The van der Waals surface area contributed by atoms with Gasteiger partial charge in [-0.05, 0) is 60.7 Å². The van der Waals surface area contributed by atoms with Crippen molar-refractivity contribution >= 4 is 32.7 Å². The van der Waals surface area contributed by atoms with Gasteiger partial charge in [-0.1, -0.05) is 72.8 Å². The Morgan fingerprint density at radius 1 is 0.450 bits per heavy atom. The minimum atomic E-state index is 0.778. The Kier molecular flexibility index (Phi) is 5.07. The summed E-state index contributed by atoms with van der Waals surface area (Å²) in [4.78, 5) is 4.55. The van der Waals surface area contributed by atoms with Gasteiger partial charge in [0.15, 0.2) is 11.6 Å². The van der Waals surface area contributed by atoms with Crippen molar-refractivity contribution in [2.24, 2.45) is 0 Å². The first-order valence-corrected chi connectivity index (χ1v) is 13.3. The maximum atomic E-state index is 4.70. The first kappa shape index (κ1) is 22.4. The largest absolute Gasteiger partial charge is 0.309 e. The summed E-state index contributed by atoms with van der Waals surface area (Å²) in [6.07, 6.45) is 1.82. The molecule has 40 heavy (non-hydrogen) atoms.